The molecule has 2 rings (SSSR count). The lowest BCUT2D eigenvalue weighted by molar-refractivity contribution is 0.00564. The Kier molecular flexibility index (Phi) is 5.79. The predicted octanol–water partition coefficient (Wildman–Crippen LogP) is 3.68. The minimum Gasteiger partial charge on any atom is -0.378 e. The molecule has 0 spiro atoms. The summed E-state index contributed by atoms with van der Waals surface area (Å²) in [4.78, 5) is 0. The van der Waals surface area contributed by atoms with Gasteiger partial charge in [0.1, 0.15) is 5.82 Å². The van der Waals surface area contributed by atoms with Gasteiger partial charge in [0.2, 0.25) is 0 Å². The molecule has 2 atom stereocenters. The van der Waals surface area contributed by atoms with Crippen LogP contribution in [0.15, 0.2) is 22.7 Å². The van der Waals surface area contributed by atoms with Crippen LogP contribution in [0.2, 0.25) is 0 Å². The van der Waals surface area contributed by atoms with Gasteiger partial charge in [0.25, 0.3) is 0 Å². The Balaban J connectivity index is 1.94. The molecule has 1 aliphatic rings. The van der Waals surface area contributed by atoms with Crippen molar-refractivity contribution in [1.82, 2.24) is 5.32 Å². The summed E-state index contributed by atoms with van der Waals surface area (Å²) < 4.78 is 20.4. The number of halogens is 2. The molecule has 0 bridgehead atoms. The summed E-state index contributed by atoms with van der Waals surface area (Å²) in [6, 6.07) is 5.53. The van der Waals surface area contributed by atoms with Crippen LogP contribution in [0.4, 0.5) is 4.39 Å². The zero-order chi connectivity index (χ0) is 13.7. The molecule has 1 aromatic carbocycles. The first-order valence-corrected chi connectivity index (χ1v) is 7.71. The van der Waals surface area contributed by atoms with E-state index >= 15 is 0 Å². The maximum Gasteiger partial charge on any atom is 0.127 e. The zero-order valence-electron chi connectivity index (χ0n) is 11.3. The van der Waals surface area contributed by atoms with Crippen LogP contribution in [0.5, 0.6) is 0 Å². The van der Waals surface area contributed by atoms with E-state index in [4.69, 9.17) is 4.74 Å². The highest BCUT2D eigenvalue weighted by Gasteiger charge is 2.19. The van der Waals surface area contributed by atoms with Gasteiger partial charge < -0.3 is 10.1 Å². The van der Waals surface area contributed by atoms with Crippen LogP contribution in [0.1, 0.15) is 31.2 Å². The summed E-state index contributed by atoms with van der Waals surface area (Å²) in [6.45, 7) is 0.869. The smallest absolute Gasteiger partial charge is 0.127 e. The number of hydrogen-bond acceptors (Lipinski definition) is 2. The molecule has 0 aliphatic carbocycles. The fraction of sp³-hybridized carbons (Fsp3) is 0.600. The van der Waals surface area contributed by atoms with E-state index in [0.717, 1.165) is 29.5 Å². The van der Waals surface area contributed by atoms with Gasteiger partial charge in [-0.2, -0.15) is 0 Å². The van der Waals surface area contributed by atoms with E-state index in [1.165, 1.54) is 18.9 Å². The quantitative estimate of drug-likeness (QED) is 0.889. The molecule has 0 saturated carbocycles. The van der Waals surface area contributed by atoms with E-state index in [-0.39, 0.29) is 11.9 Å². The molecule has 1 aliphatic heterocycles. The number of rotatable bonds is 5. The summed E-state index contributed by atoms with van der Waals surface area (Å²) in [5, 5.41) is 3.28. The molecule has 0 amide bonds. The van der Waals surface area contributed by atoms with Crippen LogP contribution >= 0.6 is 15.9 Å². The molecular formula is C15H21BrFNO. The maximum absolute atomic E-state index is 13.8. The summed E-state index contributed by atoms with van der Waals surface area (Å²) in [6.07, 6.45) is 5.52. The van der Waals surface area contributed by atoms with Gasteiger partial charge in [0.05, 0.1) is 6.10 Å². The third kappa shape index (κ3) is 4.55. The van der Waals surface area contributed by atoms with Crippen molar-refractivity contribution in [3.63, 3.8) is 0 Å². The zero-order valence-corrected chi connectivity index (χ0v) is 12.9. The van der Waals surface area contributed by atoms with Crippen molar-refractivity contribution >= 4 is 15.9 Å². The molecule has 1 N–H and O–H groups in total. The van der Waals surface area contributed by atoms with Crippen molar-refractivity contribution in [2.24, 2.45) is 0 Å². The molecule has 1 aromatic rings. The standard InChI is InChI=1S/C15H21BrFNO/c1-18-13(10-14-4-2-3-7-19-14)8-11-5-6-12(16)9-15(11)17/h5-6,9,13-14,18H,2-4,7-8,10H2,1H3. The normalized spacial score (nSPS) is 21.3. The topological polar surface area (TPSA) is 21.3 Å². The first kappa shape index (κ1) is 14.9. The summed E-state index contributed by atoms with van der Waals surface area (Å²) in [7, 11) is 1.93. The number of likely N-dealkylation sites (N-methyl/N-ethyl adjacent to an activating group) is 1. The average molecular weight is 330 g/mol. The van der Waals surface area contributed by atoms with Gasteiger partial charge in [0, 0.05) is 17.1 Å². The molecule has 1 fully saturated rings. The lowest BCUT2D eigenvalue weighted by Gasteiger charge is -2.27. The molecule has 2 nitrogen and oxygen atoms in total. The SMILES string of the molecule is CNC(Cc1ccc(Br)cc1F)CC1CCCCO1. The van der Waals surface area contributed by atoms with Crippen molar-refractivity contribution in [2.45, 2.75) is 44.2 Å². The van der Waals surface area contributed by atoms with E-state index in [2.05, 4.69) is 21.2 Å². The van der Waals surface area contributed by atoms with Crippen LogP contribution in [-0.2, 0) is 11.2 Å². The van der Waals surface area contributed by atoms with Gasteiger partial charge in [-0.3, -0.25) is 0 Å². The minimum absolute atomic E-state index is 0.140. The molecule has 0 radical (unpaired) electrons. The van der Waals surface area contributed by atoms with Crippen molar-refractivity contribution in [1.29, 1.82) is 0 Å². The Morgan fingerprint density at radius 2 is 2.32 bits per heavy atom. The van der Waals surface area contributed by atoms with Crippen molar-refractivity contribution in [3.05, 3.63) is 34.1 Å². The van der Waals surface area contributed by atoms with Gasteiger partial charge in [0.15, 0.2) is 0 Å². The third-order valence-corrected chi connectivity index (χ3v) is 4.20. The van der Waals surface area contributed by atoms with Gasteiger partial charge in [-0.05, 0) is 56.8 Å². The Bertz CT molecular complexity index is 407. The Morgan fingerprint density at radius 1 is 1.47 bits per heavy atom. The first-order valence-electron chi connectivity index (χ1n) is 6.92. The predicted molar refractivity (Wildman–Crippen MR) is 78.9 cm³/mol. The van der Waals surface area contributed by atoms with Crippen molar-refractivity contribution in [2.75, 3.05) is 13.7 Å². The van der Waals surface area contributed by atoms with Crippen molar-refractivity contribution in [3.8, 4) is 0 Å². The average Bonchev–Trinajstić information content (AvgIpc) is 2.42. The van der Waals surface area contributed by atoms with Crippen LogP contribution in [0.25, 0.3) is 0 Å². The highest BCUT2D eigenvalue weighted by Crippen LogP contribution is 2.21. The van der Waals surface area contributed by atoms with E-state index in [1.54, 1.807) is 0 Å². The molecule has 19 heavy (non-hydrogen) atoms. The molecule has 4 heteroatoms. The van der Waals surface area contributed by atoms with Crippen LogP contribution in [0, 0.1) is 5.82 Å². The Labute approximate surface area is 122 Å². The number of ether oxygens (including phenoxy) is 1. The number of benzene rings is 1. The number of hydrogen-bond donors (Lipinski definition) is 1. The molecular weight excluding hydrogens is 309 g/mol. The third-order valence-electron chi connectivity index (χ3n) is 3.71. The van der Waals surface area contributed by atoms with Gasteiger partial charge in [-0.15, -0.1) is 0 Å². The first-order chi connectivity index (χ1) is 9.19. The largest absolute Gasteiger partial charge is 0.378 e. The lowest BCUT2D eigenvalue weighted by atomic mass is 9.97. The van der Waals surface area contributed by atoms with Crippen LogP contribution in [0.3, 0.4) is 0 Å². The number of nitrogens with one attached hydrogen (secondary N) is 1. The van der Waals surface area contributed by atoms with E-state index in [1.807, 2.05) is 19.2 Å². The van der Waals surface area contributed by atoms with Crippen LogP contribution in [-0.4, -0.2) is 25.8 Å². The van der Waals surface area contributed by atoms with Crippen LogP contribution < -0.4 is 5.32 Å². The molecule has 1 heterocycles. The summed E-state index contributed by atoms with van der Waals surface area (Å²) >= 11 is 3.28. The van der Waals surface area contributed by atoms with E-state index < -0.39 is 0 Å². The van der Waals surface area contributed by atoms with Crippen molar-refractivity contribution < 1.29 is 9.13 Å². The second-order valence-electron chi connectivity index (χ2n) is 5.15. The Morgan fingerprint density at radius 3 is 2.95 bits per heavy atom. The van der Waals surface area contributed by atoms with Gasteiger partial charge in [-0.25, -0.2) is 4.39 Å². The maximum atomic E-state index is 13.8. The molecule has 1 saturated heterocycles. The van der Waals surface area contributed by atoms with Gasteiger partial charge >= 0.3 is 0 Å². The van der Waals surface area contributed by atoms with Gasteiger partial charge in [-0.1, -0.05) is 22.0 Å². The lowest BCUT2D eigenvalue weighted by Crippen LogP contribution is -2.34. The molecule has 0 aromatic heterocycles. The highest BCUT2D eigenvalue weighted by atomic mass is 79.9. The summed E-state index contributed by atoms with van der Waals surface area (Å²) in [5.74, 6) is -0.140. The molecule has 2 unspecified atom stereocenters. The van der Waals surface area contributed by atoms with E-state index in [0.29, 0.717) is 12.5 Å². The minimum atomic E-state index is -0.140. The second-order valence-corrected chi connectivity index (χ2v) is 6.07. The fourth-order valence-electron chi connectivity index (χ4n) is 2.57. The Hall–Kier alpha value is -0.450. The second kappa shape index (κ2) is 7.36. The molecule has 106 valence electrons. The summed E-state index contributed by atoms with van der Waals surface area (Å²) in [5.41, 5.74) is 0.762. The highest BCUT2D eigenvalue weighted by molar-refractivity contribution is 9.10. The van der Waals surface area contributed by atoms with E-state index in [9.17, 15) is 4.39 Å². The monoisotopic (exact) mass is 329 g/mol. The fourth-order valence-corrected chi connectivity index (χ4v) is 2.90.